The summed E-state index contributed by atoms with van der Waals surface area (Å²) < 4.78 is 0. The van der Waals surface area contributed by atoms with Crippen LogP contribution in [-0.2, 0) is 6.42 Å². The highest BCUT2D eigenvalue weighted by atomic mass is 35.5. The zero-order valence-corrected chi connectivity index (χ0v) is 11.6. The molecule has 1 heterocycles. The van der Waals surface area contributed by atoms with Gasteiger partial charge in [0, 0.05) is 23.6 Å². The van der Waals surface area contributed by atoms with Crippen LogP contribution in [0.25, 0.3) is 0 Å². The van der Waals surface area contributed by atoms with Crippen molar-refractivity contribution >= 4 is 29.0 Å². The van der Waals surface area contributed by atoms with E-state index in [9.17, 15) is 4.79 Å². The van der Waals surface area contributed by atoms with Gasteiger partial charge in [-0.25, -0.2) is 0 Å². The third kappa shape index (κ3) is 1.97. The number of carbonyl (C=O) groups excluding carboxylic acids is 1. The van der Waals surface area contributed by atoms with Crippen molar-refractivity contribution in [3.05, 3.63) is 34.3 Å². The lowest BCUT2D eigenvalue weighted by Gasteiger charge is -2.25. The van der Waals surface area contributed by atoms with Crippen molar-refractivity contribution < 1.29 is 4.79 Å². The van der Waals surface area contributed by atoms with Gasteiger partial charge in [0.2, 0.25) is 0 Å². The molecule has 0 aromatic heterocycles. The molecule has 0 spiro atoms. The van der Waals surface area contributed by atoms with Gasteiger partial charge in [-0.3, -0.25) is 4.79 Å². The van der Waals surface area contributed by atoms with E-state index >= 15 is 0 Å². The summed E-state index contributed by atoms with van der Waals surface area (Å²) in [6.45, 7) is 2.73. The summed E-state index contributed by atoms with van der Waals surface area (Å²) in [5.41, 5.74) is 1.62. The zero-order chi connectivity index (χ0) is 12.8. The van der Waals surface area contributed by atoms with Crippen LogP contribution in [0.3, 0.4) is 0 Å². The second kappa shape index (κ2) is 4.52. The Balaban J connectivity index is 1.88. The number of Topliss-reactive ketones (excluding diaryl/α,β-unsaturated/α-hetero) is 1. The predicted molar refractivity (Wildman–Crippen MR) is 73.7 cm³/mol. The fourth-order valence-corrected chi connectivity index (χ4v) is 3.62. The van der Waals surface area contributed by atoms with Crippen molar-refractivity contribution in [2.24, 2.45) is 0 Å². The zero-order valence-electron chi connectivity index (χ0n) is 10.1. The maximum atomic E-state index is 12.4. The first-order chi connectivity index (χ1) is 8.60. The van der Waals surface area contributed by atoms with Crippen LogP contribution < -0.4 is 0 Å². The highest BCUT2D eigenvalue weighted by molar-refractivity contribution is 6.41. The molecule has 1 saturated heterocycles. The van der Waals surface area contributed by atoms with Crippen LogP contribution in [-0.4, -0.2) is 35.2 Å². The Morgan fingerprint density at radius 2 is 2.00 bits per heavy atom. The lowest BCUT2D eigenvalue weighted by atomic mass is 10.0. The number of rotatable bonds is 2. The molecule has 2 aliphatic rings. The van der Waals surface area contributed by atoms with Crippen LogP contribution in [0.1, 0.15) is 28.8 Å². The van der Waals surface area contributed by atoms with E-state index in [4.69, 9.17) is 23.2 Å². The van der Waals surface area contributed by atoms with Crippen molar-refractivity contribution in [3.8, 4) is 0 Å². The average molecular weight is 284 g/mol. The summed E-state index contributed by atoms with van der Waals surface area (Å²) >= 11 is 12.7. The molecule has 1 aliphatic carbocycles. The standard InChI is InChI=1S/C14H15Cl2NO/c15-12-5-3-4-10-11(12)8-14(16,13(10)18)9-17-6-1-2-7-17/h3-5H,1-2,6-9H2. The Kier molecular flexibility index (Phi) is 3.13. The first-order valence-electron chi connectivity index (χ1n) is 6.34. The lowest BCUT2D eigenvalue weighted by Crippen LogP contribution is -2.42. The number of hydrogen-bond acceptors (Lipinski definition) is 2. The van der Waals surface area contributed by atoms with Gasteiger partial charge in [0.1, 0.15) is 4.87 Å². The molecule has 96 valence electrons. The number of ketones is 1. The Morgan fingerprint density at radius 3 is 2.67 bits per heavy atom. The van der Waals surface area contributed by atoms with E-state index in [2.05, 4.69) is 4.90 Å². The van der Waals surface area contributed by atoms with Gasteiger partial charge in [-0.05, 0) is 37.6 Å². The third-order valence-corrected chi connectivity index (χ3v) is 4.68. The smallest absolute Gasteiger partial charge is 0.185 e. The summed E-state index contributed by atoms with van der Waals surface area (Å²) in [5, 5.41) is 0.657. The molecule has 1 unspecified atom stereocenters. The number of hydrogen-bond donors (Lipinski definition) is 0. The molecule has 2 nitrogen and oxygen atoms in total. The largest absolute Gasteiger partial charge is 0.301 e. The first kappa shape index (κ1) is 12.5. The maximum Gasteiger partial charge on any atom is 0.185 e. The van der Waals surface area contributed by atoms with E-state index in [1.165, 1.54) is 12.8 Å². The summed E-state index contributed by atoms with van der Waals surface area (Å²) in [6, 6.07) is 5.47. The van der Waals surface area contributed by atoms with E-state index in [0.29, 0.717) is 23.6 Å². The van der Waals surface area contributed by atoms with Crippen molar-refractivity contribution in [1.82, 2.24) is 4.90 Å². The van der Waals surface area contributed by atoms with Crippen LogP contribution in [0.2, 0.25) is 5.02 Å². The number of fused-ring (bicyclic) bond motifs is 1. The fourth-order valence-electron chi connectivity index (χ4n) is 2.98. The number of carbonyl (C=O) groups is 1. The van der Waals surface area contributed by atoms with Crippen LogP contribution >= 0.6 is 23.2 Å². The van der Waals surface area contributed by atoms with Crippen LogP contribution in [0.4, 0.5) is 0 Å². The molecular formula is C14H15Cl2NO. The van der Waals surface area contributed by atoms with E-state index in [0.717, 1.165) is 18.7 Å². The molecule has 4 heteroatoms. The Hall–Kier alpha value is -0.570. The number of likely N-dealkylation sites (tertiary alicyclic amines) is 1. The van der Waals surface area contributed by atoms with Crippen molar-refractivity contribution in [2.45, 2.75) is 24.1 Å². The molecule has 1 atom stereocenters. The van der Waals surface area contributed by atoms with E-state index in [1.54, 1.807) is 0 Å². The number of halogens is 2. The van der Waals surface area contributed by atoms with Gasteiger partial charge in [0.25, 0.3) is 0 Å². The molecule has 0 bridgehead atoms. The lowest BCUT2D eigenvalue weighted by molar-refractivity contribution is 0.0931. The summed E-state index contributed by atoms with van der Waals surface area (Å²) in [6.07, 6.45) is 2.96. The Bertz CT molecular complexity index is 497. The molecular weight excluding hydrogens is 269 g/mol. The van der Waals surface area contributed by atoms with Gasteiger partial charge in [0.05, 0.1) is 0 Å². The minimum absolute atomic E-state index is 0.0357. The Morgan fingerprint density at radius 1 is 1.28 bits per heavy atom. The average Bonchev–Trinajstić information content (AvgIpc) is 2.91. The van der Waals surface area contributed by atoms with Gasteiger partial charge in [-0.1, -0.05) is 23.7 Å². The molecule has 0 radical (unpaired) electrons. The summed E-state index contributed by atoms with van der Waals surface area (Å²) in [7, 11) is 0. The van der Waals surface area contributed by atoms with Crippen molar-refractivity contribution in [1.29, 1.82) is 0 Å². The first-order valence-corrected chi connectivity index (χ1v) is 7.09. The molecule has 1 aromatic rings. The molecule has 3 rings (SSSR count). The van der Waals surface area contributed by atoms with Crippen LogP contribution in [0, 0.1) is 0 Å². The van der Waals surface area contributed by atoms with Gasteiger partial charge >= 0.3 is 0 Å². The van der Waals surface area contributed by atoms with Gasteiger partial charge < -0.3 is 4.90 Å². The second-order valence-electron chi connectivity index (χ2n) is 5.22. The third-order valence-electron chi connectivity index (χ3n) is 3.90. The molecule has 0 N–H and O–H groups in total. The highest BCUT2D eigenvalue weighted by Gasteiger charge is 2.46. The molecule has 0 amide bonds. The number of nitrogens with zero attached hydrogens (tertiary/aromatic N) is 1. The Labute approximate surface area is 117 Å². The number of alkyl halides is 1. The minimum Gasteiger partial charge on any atom is -0.301 e. The summed E-state index contributed by atoms with van der Waals surface area (Å²) in [4.78, 5) is 13.9. The SMILES string of the molecule is O=C1c2cccc(Cl)c2CC1(Cl)CN1CCCC1. The molecule has 1 fully saturated rings. The van der Waals surface area contributed by atoms with Gasteiger partial charge in [-0.2, -0.15) is 0 Å². The molecule has 18 heavy (non-hydrogen) atoms. The minimum atomic E-state index is -0.808. The van der Waals surface area contributed by atoms with Crippen LogP contribution in [0.5, 0.6) is 0 Å². The fraction of sp³-hybridized carbons (Fsp3) is 0.500. The highest BCUT2D eigenvalue weighted by Crippen LogP contribution is 2.39. The summed E-state index contributed by atoms with van der Waals surface area (Å²) in [5.74, 6) is 0.0357. The number of benzene rings is 1. The second-order valence-corrected chi connectivity index (χ2v) is 6.35. The van der Waals surface area contributed by atoms with Crippen molar-refractivity contribution in [3.63, 3.8) is 0 Å². The van der Waals surface area contributed by atoms with E-state index < -0.39 is 4.87 Å². The van der Waals surface area contributed by atoms with E-state index in [1.807, 2.05) is 18.2 Å². The normalized spacial score (nSPS) is 27.8. The van der Waals surface area contributed by atoms with Crippen molar-refractivity contribution in [2.75, 3.05) is 19.6 Å². The molecule has 0 saturated carbocycles. The monoisotopic (exact) mass is 283 g/mol. The molecule has 1 aliphatic heterocycles. The molecule has 1 aromatic carbocycles. The predicted octanol–water partition coefficient (Wildman–Crippen LogP) is 3.15. The maximum absolute atomic E-state index is 12.4. The van der Waals surface area contributed by atoms with Gasteiger partial charge in [0.15, 0.2) is 5.78 Å². The topological polar surface area (TPSA) is 20.3 Å². The quantitative estimate of drug-likeness (QED) is 0.778. The van der Waals surface area contributed by atoms with Crippen LogP contribution in [0.15, 0.2) is 18.2 Å². The van der Waals surface area contributed by atoms with E-state index in [-0.39, 0.29) is 5.78 Å². The van der Waals surface area contributed by atoms with Gasteiger partial charge in [-0.15, -0.1) is 11.6 Å².